The Labute approximate surface area is 89.9 Å². The fourth-order valence-corrected chi connectivity index (χ4v) is 2.43. The van der Waals surface area contributed by atoms with Gasteiger partial charge in [-0.1, -0.05) is 6.07 Å². The van der Waals surface area contributed by atoms with Crippen LogP contribution in [0.2, 0.25) is 0 Å². The smallest absolute Gasteiger partial charge is 0.106 e. The number of benzene rings is 1. The second-order valence-electron chi connectivity index (χ2n) is 4.61. The van der Waals surface area contributed by atoms with Gasteiger partial charge in [0, 0.05) is 6.04 Å². The number of aromatic nitrogens is 2. The van der Waals surface area contributed by atoms with Crippen molar-refractivity contribution >= 4 is 11.0 Å². The fourth-order valence-electron chi connectivity index (χ4n) is 2.43. The lowest BCUT2D eigenvalue weighted by molar-refractivity contribution is 0.316. The van der Waals surface area contributed by atoms with Crippen LogP contribution in [0, 0.1) is 13.8 Å². The van der Waals surface area contributed by atoms with Crippen LogP contribution in [0.4, 0.5) is 0 Å². The van der Waals surface area contributed by atoms with Crippen LogP contribution < -0.4 is 0 Å². The van der Waals surface area contributed by atoms with E-state index >= 15 is 0 Å². The fraction of sp³-hybridized carbons (Fsp3) is 0.462. The molecule has 0 aliphatic heterocycles. The first-order valence-corrected chi connectivity index (χ1v) is 5.71. The van der Waals surface area contributed by atoms with Gasteiger partial charge in [0.1, 0.15) is 5.82 Å². The average Bonchev–Trinajstić information content (AvgIpc) is 2.42. The molecule has 1 saturated carbocycles. The molecule has 0 N–H and O–H groups in total. The number of aryl methyl sites for hydroxylation is 2. The lowest BCUT2D eigenvalue weighted by atomic mass is 9.92. The maximum atomic E-state index is 4.62. The van der Waals surface area contributed by atoms with Crippen molar-refractivity contribution in [3.8, 4) is 0 Å². The standard InChI is InChI=1S/C13H16N2/c1-9-6-7-12-13(8-9)15(10(2)14-12)11-4-3-5-11/h6-8,11H,3-5H2,1-2H3. The highest BCUT2D eigenvalue weighted by Crippen LogP contribution is 2.35. The number of nitrogens with zero attached hydrogens (tertiary/aromatic N) is 2. The first kappa shape index (κ1) is 8.96. The van der Waals surface area contributed by atoms with Crippen molar-refractivity contribution in [2.24, 2.45) is 0 Å². The normalized spacial score (nSPS) is 16.9. The van der Waals surface area contributed by atoms with Gasteiger partial charge in [0.05, 0.1) is 11.0 Å². The Morgan fingerprint density at radius 1 is 1.27 bits per heavy atom. The summed E-state index contributed by atoms with van der Waals surface area (Å²) in [5.41, 5.74) is 3.78. The Kier molecular flexibility index (Phi) is 1.84. The Morgan fingerprint density at radius 2 is 2.07 bits per heavy atom. The summed E-state index contributed by atoms with van der Waals surface area (Å²) >= 11 is 0. The number of rotatable bonds is 1. The van der Waals surface area contributed by atoms with E-state index in [-0.39, 0.29) is 0 Å². The summed E-state index contributed by atoms with van der Waals surface area (Å²) in [6.07, 6.45) is 4.01. The maximum absolute atomic E-state index is 4.62. The molecule has 1 aliphatic carbocycles. The SMILES string of the molecule is Cc1ccc2nc(C)n(C3CCC3)c2c1. The lowest BCUT2D eigenvalue weighted by Gasteiger charge is -2.28. The minimum atomic E-state index is 0.705. The molecule has 1 fully saturated rings. The predicted molar refractivity (Wildman–Crippen MR) is 62.1 cm³/mol. The van der Waals surface area contributed by atoms with Gasteiger partial charge in [-0.15, -0.1) is 0 Å². The van der Waals surface area contributed by atoms with Crippen LogP contribution in [-0.2, 0) is 0 Å². The van der Waals surface area contributed by atoms with Crippen molar-refractivity contribution in [2.75, 3.05) is 0 Å². The second kappa shape index (κ2) is 3.09. The molecule has 1 aromatic carbocycles. The number of fused-ring (bicyclic) bond motifs is 1. The van der Waals surface area contributed by atoms with Crippen molar-refractivity contribution in [2.45, 2.75) is 39.2 Å². The molecule has 78 valence electrons. The van der Waals surface area contributed by atoms with E-state index in [0.29, 0.717) is 6.04 Å². The molecule has 1 heterocycles. The molecule has 15 heavy (non-hydrogen) atoms. The summed E-state index contributed by atoms with van der Waals surface area (Å²) in [6.45, 7) is 4.26. The van der Waals surface area contributed by atoms with Crippen molar-refractivity contribution in [1.29, 1.82) is 0 Å². The minimum absolute atomic E-state index is 0.705. The third-order valence-electron chi connectivity index (χ3n) is 3.46. The number of imidazole rings is 1. The molecular weight excluding hydrogens is 184 g/mol. The minimum Gasteiger partial charge on any atom is -0.325 e. The van der Waals surface area contributed by atoms with Gasteiger partial charge >= 0.3 is 0 Å². The number of hydrogen-bond acceptors (Lipinski definition) is 1. The van der Waals surface area contributed by atoms with E-state index in [9.17, 15) is 0 Å². The van der Waals surface area contributed by atoms with E-state index in [2.05, 4.69) is 41.6 Å². The Morgan fingerprint density at radius 3 is 2.73 bits per heavy atom. The molecule has 0 amide bonds. The quantitative estimate of drug-likeness (QED) is 0.690. The van der Waals surface area contributed by atoms with Crippen LogP contribution in [-0.4, -0.2) is 9.55 Å². The topological polar surface area (TPSA) is 17.8 Å². The van der Waals surface area contributed by atoms with E-state index in [0.717, 1.165) is 5.52 Å². The first-order valence-electron chi connectivity index (χ1n) is 5.71. The van der Waals surface area contributed by atoms with Gasteiger partial charge < -0.3 is 4.57 Å². The maximum Gasteiger partial charge on any atom is 0.106 e. The molecule has 0 saturated heterocycles. The highest BCUT2D eigenvalue weighted by atomic mass is 15.1. The molecule has 0 radical (unpaired) electrons. The molecule has 2 heteroatoms. The molecule has 1 aliphatic rings. The van der Waals surface area contributed by atoms with Crippen molar-refractivity contribution in [1.82, 2.24) is 9.55 Å². The Hall–Kier alpha value is -1.31. The summed E-state index contributed by atoms with van der Waals surface area (Å²) in [6, 6.07) is 7.23. The van der Waals surface area contributed by atoms with Gasteiger partial charge in [-0.05, 0) is 50.8 Å². The lowest BCUT2D eigenvalue weighted by Crippen LogP contribution is -2.17. The van der Waals surface area contributed by atoms with Crippen molar-refractivity contribution < 1.29 is 0 Å². The molecule has 2 aromatic rings. The zero-order valence-corrected chi connectivity index (χ0v) is 9.33. The molecule has 0 atom stereocenters. The molecule has 0 unspecified atom stereocenters. The summed E-state index contributed by atoms with van der Waals surface area (Å²) in [5, 5.41) is 0. The molecule has 0 spiro atoms. The van der Waals surface area contributed by atoms with Gasteiger partial charge in [-0.3, -0.25) is 0 Å². The van der Waals surface area contributed by atoms with Crippen molar-refractivity contribution in [3.05, 3.63) is 29.6 Å². The molecule has 2 nitrogen and oxygen atoms in total. The van der Waals surface area contributed by atoms with Gasteiger partial charge in [-0.2, -0.15) is 0 Å². The third-order valence-corrected chi connectivity index (χ3v) is 3.46. The number of hydrogen-bond donors (Lipinski definition) is 0. The monoisotopic (exact) mass is 200 g/mol. The first-order chi connectivity index (χ1) is 7.25. The summed E-state index contributed by atoms with van der Waals surface area (Å²) in [5.74, 6) is 1.17. The van der Waals surface area contributed by atoms with E-state index < -0.39 is 0 Å². The van der Waals surface area contributed by atoms with Gasteiger partial charge in [0.15, 0.2) is 0 Å². The molecule has 1 aromatic heterocycles. The van der Waals surface area contributed by atoms with Crippen LogP contribution >= 0.6 is 0 Å². The molecule has 3 rings (SSSR count). The van der Waals surface area contributed by atoms with Crippen LogP contribution in [0.1, 0.15) is 36.7 Å². The van der Waals surface area contributed by atoms with Gasteiger partial charge in [0.2, 0.25) is 0 Å². The zero-order valence-electron chi connectivity index (χ0n) is 9.33. The summed E-state index contributed by atoms with van der Waals surface area (Å²) < 4.78 is 2.42. The highest BCUT2D eigenvalue weighted by Gasteiger charge is 2.22. The van der Waals surface area contributed by atoms with Gasteiger partial charge in [0.25, 0.3) is 0 Å². The van der Waals surface area contributed by atoms with Crippen LogP contribution in [0.3, 0.4) is 0 Å². The van der Waals surface area contributed by atoms with E-state index in [1.54, 1.807) is 0 Å². The van der Waals surface area contributed by atoms with Crippen molar-refractivity contribution in [3.63, 3.8) is 0 Å². The van der Waals surface area contributed by atoms with E-state index in [1.807, 2.05) is 0 Å². The van der Waals surface area contributed by atoms with Crippen LogP contribution in [0.5, 0.6) is 0 Å². The zero-order chi connectivity index (χ0) is 10.4. The van der Waals surface area contributed by atoms with Gasteiger partial charge in [-0.25, -0.2) is 4.98 Å². The molecular formula is C13H16N2. The average molecular weight is 200 g/mol. The summed E-state index contributed by atoms with van der Waals surface area (Å²) in [7, 11) is 0. The van der Waals surface area contributed by atoms with Crippen LogP contribution in [0.25, 0.3) is 11.0 Å². The largest absolute Gasteiger partial charge is 0.325 e. The third kappa shape index (κ3) is 1.28. The second-order valence-corrected chi connectivity index (χ2v) is 4.61. The summed E-state index contributed by atoms with van der Waals surface area (Å²) in [4.78, 5) is 4.62. The van der Waals surface area contributed by atoms with Crippen LogP contribution in [0.15, 0.2) is 18.2 Å². The molecule has 0 bridgehead atoms. The highest BCUT2D eigenvalue weighted by molar-refractivity contribution is 5.77. The predicted octanol–water partition coefficient (Wildman–Crippen LogP) is 3.38. The Bertz CT molecular complexity index is 506. The Balaban J connectivity index is 2.25. The van der Waals surface area contributed by atoms with E-state index in [4.69, 9.17) is 0 Å². The van der Waals surface area contributed by atoms with E-state index in [1.165, 1.54) is 36.2 Å².